The van der Waals surface area contributed by atoms with E-state index in [1.54, 1.807) is 12.5 Å². The highest BCUT2D eigenvalue weighted by molar-refractivity contribution is 5.53. The van der Waals surface area contributed by atoms with Gasteiger partial charge in [0.05, 0.1) is 11.8 Å². The average Bonchev–Trinajstić information content (AvgIpc) is 3.11. The number of hydrogen-bond donors (Lipinski definition) is 0. The predicted molar refractivity (Wildman–Crippen MR) is 84.1 cm³/mol. The van der Waals surface area contributed by atoms with E-state index >= 15 is 0 Å². The Hall–Kier alpha value is -1.55. The summed E-state index contributed by atoms with van der Waals surface area (Å²) in [5.41, 5.74) is 1.06. The first kappa shape index (κ1) is 14.4. The summed E-state index contributed by atoms with van der Waals surface area (Å²) in [5, 5.41) is 0. The Bertz CT molecular complexity index is 510. The van der Waals surface area contributed by atoms with E-state index < -0.39 is 0 Å². The molecule has 0 amide bonds. The molecule has 114 valence electrons. The summed E-state index contributed by atoms with van der Waals surface area (Å²) in [7, 11) is 0. The third-order valence-corrected chi connectivity index (χ3v) is 4.32. The number of furan rings is 1. The lowest BCUT2D eigenvalue weighted by molar-refractivity contribution is 0.277. The van der Waals surface area contributed by atoms with Crippen LogP contribution in [0.5, 0.6) is 0 Å². The molecule has 2 aromatic heterocycles. The molecule has 2 aromatic rings. The molecule has 0 aromatic carbocycles. The van der Waals surface area contributed by atoms with Gasteiger partial charge in [0, 0.05) is 18.9 Å². The minimum Gasteiger partial charge on any atom is -0.472 e. The van der Waals surface area contributed by atoms with Crippen LogP contribution in [-0.2, 0) is 6.54 Å². The van der Waals surface area contributed by atoms with E-state index in [1.807, 2.05) is 12.3 Å². The van der Waals surface area contributed by atoms with Gasteiger partial charge in [-0.05, 0) is 51.4 Å². The van der Waals surface area contributed by atoms with Gasteiger partial charge in [0.2, 0.25) is 0 Å². The van der Waals surface area contributed by atoms with Crippen LogP contribution in [-0.4, -0.2) is 34.1 Å². The standard InChI is InChI=1S/C17H25N3O/c1-2-4-10-19(9-3-1)11-5-6-12-20-13-8-18-17(20)16-7-14-21-15-16/h7-8,13-15H,1-6,9-12H2. The summed E-state index contributed by atoms with van der Waals surface area (Å²) in [6.07, 6.45) is 15.5. The van der Waals surface area contributed by atoms with Crippen LogP contribution in [0.4, 0.5) is 0 Å². The van der Waals surface area contributed by atoms with Gasteiger partial charge in [-0.25, -0.2) is 4.98 Å². The van der Waals surface area contributed by atoms with Crippen LogP contribution in [0.1, 0.15) is 38.5 Å². The Balaban J connectivity index is 1.44. The monoisotopic (exact) mass is 287 g/mol. The summed E-state index contributed by atoms with van der Waals surface area (Å²) in [6.45, 7) is 4.88. The van der Waals surface area contributed by atoms with E-state index in [-0.39, 0.29) is 0 Å². The smallest absolute Gasteiger partial charge is 0.143 e. The molecule has 3 rings (SSSR count). The number of imidazole rings is 1. The van der Waals surface area contributed by atoms with Gasteiger partial charge in [0.1, 0.15) is 12.1 Å². The number of rotatable bonds is 6. The molecule has 0 aliphatic carbocycles. The zero-order valence-corrected chi connectivity index (χ0v) is 12.7. The van der Waals surface area contributed by atoms with Gasteiger partial charge in [-0.2, -0.15) is 0 Å². The second kappa shape index (κ2) is 7.46. The Labute approximate surface area is 126 Å². The largest absolute Gasteiger partial charge is 0.472 e. The van der Waals surface area contributed by atoms with Crippen LogP contribution in [0.15, 0.2) is 35.4 Å². The molecule has 0 atom stereocenters. The van der Waals surface area contributed by atoms with Crippen molar-refractivity contribution in [2.45, 2.75) is 45.1 Å². The third kappa shape index (κ3) is 3.97. The predicted octanol–water partition coefficient (Wildman–Crippen LogP) is 3.80. The first-order chi connectivity index (χ1) is 10.4. The lowest BCUT2D eigenvalue weighted by Gasteiger charge is -2.19. The van der Waals surface area contributed by atoms with Crippen molar-refractivity contribution in [2.75, 3.05) is 19.6 Å². The van der Waals surface area contributed by atoms with Gasteiger partial charge >= 0.3 is 0 Å². The van der Waals surface area contributed by atoms with E-state index in [2.05, 4.69) is 20.6 Å². The minimum absolute atomic E-state index is 1.01. The lowest BCUT2D eigenvalue weighted by atomic mass is 10.2. The third-order valence-electron chi connectivity index (χ3n) is 4.32. The maximum atomic E-state index is 5.15. The molecule has 4 nitrogen and oxygen atoms in total. The molecule has 3 heterocycles. The highest BCUT2D eigenvalue weighted by atomic mass is 16.3. The van der Waals surface area contributed by atoms with Crippen LogP contribution in [0.2, 0.25) is 0 Å². The van der Waals surface area contributed by atoms with Crippen molar-refractivity contribution in [3.05, 3.63) is 31.0 Å². The number of hydrogen-bond acceptors (Lipinski definition) is 3. The van der Waals surface area contributed by atoms with Crippen molar-refractivity contribution in [3.8, 4) is 11.4 Å². The van der Waals surface area contributed by atoms with Crippen LogP contribution in [0.3, 0.4) is 0 Å². The first-order valence-corrected chi connectivity index (χ1v) is 8.19. The molecule has 4 heteroatoms. The van der Waals surface area contributed by atoms with Crippen LogP contribution in [0.25, 0.3) is 11.4 Å². The molecule has 0 N–H and O–H groups in total. The van der Waals surface area contributed by atoms with Gasteiger partial charge in [0.25, 0.3) is 0 Å². The average molecular weight is 287 g/mol. The molecule has 21 heavy (non-hydrogen) atoms. The van der Waals surface area contributed by atoms with E-state index in [9.17, 15) is 0 Å². The van der Waals surface area contributed by atoms with E-state index in [1.165, 1.54) is 58.2 Å². The van der Waals surface area contributed by atoms with Gasteiger partial charge < -0.3 is 13.9 Å². The Morgan fingerprint density at radius 1 is 1.05 bits per heavy atom. The summed E-state index contributed by atoms with van der Waals surface area (Å²) < 4.78 is 7.38. The molecular formula is C17H25N3O. The fraction of sp³-hybridized carbons (Fsp3) is 0.588. The van der Waals surface area contributed by atoms with Crippen molar-refractivity contribution in [2.24, 2.45) is 0 Å². The topological polar surface area (TPSA) is 34.2 Å². The fourth-order valence-electron chi connectivity index (χ4n) is 3.12. The summed E-state index contributed by atoms with van der Waals surface area (Å²) in [5.74, 6) is 1.01. The maximum Gasteiger partial charge on any atom is 0.143 e. The second-order valence-corrected chi connectivity index (χ2v) is 5.92. The van der Waals surface area contributed by atoms with Crippen molar-refractivity contribution in [1.29, 1.82) is 0 Å². The lowest BCUT2D eigenvalue weighted by Crippen LogP contribution is -2.25. The quantitative estimate of drug-likeness (QED) is 0.758. The molecule has 0 saturated carbocycles. The normalized spacial score (nSPS) is 17.0. The molecule has 0 bridgehead atoms. The van der Waals surface area contributed by atoms with E-state index in [0.29, 0.717) is 0 Å². The zero-order valence-electron chi connectivity index (χ0n) is 12.7. The molecule has 1 aliphatic heterocycles. The molecule has 1 fully saturated rings. The SMILES string of the molecule is c1cn(CCCCN2CCCCCC2)c(-c2ccoc2)n1. The summed E-state index contributed by atoms with van der Waals surface area (Å²) >= 11 is 0. The Morgan fingerprint density at radius 2 is 1.86 bits per heavy atom. The van der Waals surface area contributed by atoms with E-state index in [4.69, 9.17) is 4.42 Å². The molecular weight excluding hydrogens is 262 g/mol. The number of aryl methyl sites for hydroxylation is 1. The molecule has 1 aliphatic rings. The number of likely N-dealkylation sites (tertiary alicyclic amines) is 1. The first-order valence-electron chi connectivity index (χ1n) is 8.19. The highest BCUT2D eigenvalue weighted by Gasteiger charge is 2.09. The van der Waals surface area contributed by atoms with Crippen LogP contribution >= 0.6 is 0 Å². The van der Waals surface area contributed by atoms with Crippen LogP contribution < -0.4 is 0 Å². The molecule has 1 saturated heterocycles. The fourth-order valence-corrected chi connectivity index (χ4v) is 3.12. The van der Waals surface area contributed by atoms with Gasteiger partial charge in [-0.1, -0.05) is 12.8 Å². The van der Waals surface area contributed by atoms with E-state index in [0.717, 1.165) is 17.9 Å². The Kier molecular flexibility index (Phi) is 5.11. The van der Waals surface area contributed by atoms with Crippen LogP contribution in [0, 0.1) is 0 Å². The maximum absolute atomic E-state index is 5.15. The summed E-state index contributed by atoms with van der Waals surface area (Å²) in [6, 6.07) is 1.97. The number of aromatic nitrogens is 2. The van der Waals surface area contributed by atoms with Gasteiger partial charge in [-0.15, -0.1) is 0 Å². The molecule has 0 radical (unpaired) electrons. The summed E-state index contributed by atoms with van der Waals surface area (Å²) in [4.78, 5) is 7.07. The molecule has 0 unspecified atom stereocenters. The Morgan fingerprint density at radius 3 is 2.62 bits per heavy atom. The minimum atomic E-state index is 1.01. The second-order valence-electron chi connectivity index (χ2n) is 5.92. The van der Waals surface area contributed by atoms with Crippen molar-refractivity contribution >= 4 is 0 Å². The van der Waals surface area contributed by atoms with Crippen molar-refractivity contribution in [1.82, 2.24) is 14.5 Å². The van der Waals surface area contributed by atoms with Crippen molar-refractivity contribution in [3.63, 3.8) is 0 Å². The van der Waals surface area contributed by atoms with Gasteiger partial charge in [-0.3, -0.25) is 0 Å². The highest BCUT2D eigenvalue weighted by Crippen LogP contribution is 2.18. The number of nitrogens with zero attached hydrogens (tertiary/aromatic N) is 3. The number of unbranched alkanes of at least 4 members (excludes halogenated alkanes) is 1. The van der Waals surface area contributed by atoms with Gasteiger partial charge in [0.15, 0.2) is 0 Å². The zero-order chi connectivity index (χ0) is 14.3. The van der Waals surface area contributed by atoms with Crippen molar-refractivity contribution < 1.29 is 4.42 Å². The molecule has 0 spiro atoms.